The Hall–Kier alpha value is -1.91. The summed E-state index contributed by atoms with van der Waals surface area (Å²) in [7, 11) is 0. The summed E-state index contributed by atoms with van der Waals surface area (Å²) in [5.74, 6) is -0.981. The fraction of sp³-hybridized carbons (Fsp3) is 0.0833. The van der Waals surface area contributed by atoms with Gasteiger partial charge in [-0.25, -0.2) is 4.39 Å². The zero-order chi connectivity index (χ0) is 12.5. The quantitative estimate of drug-likeness (QED) is 0.690. The number of rotatable bonds is 1. The summed E-state index contributed by atoms with van der Waals surface area (Å²) in [6.07, 6.45) is -3.22. The number of hydrogen-bond acceptors (Lipinski definition) is 1. The summed E-state index contributed by atoms with van der Waals surface area (Å²) < 4.78 is 51.6. The Labute approximate surface area is 94.7 Å². The average Bonchev–Trinajstić information content (AvgIpc) is 2.28. The van der Waals surface area contributed by atoms with Crippen LogP contribution in [0.1, 0.15) is 5.56 Å². The molecular formula is C12H7F4N. The van der Waals surface area contributed by atoms with Crippen LogP contribution < -0.4 is 0 Å². The normalized spacial score (nSPS) is 11.5. The first-order valence-corrected chi connectivity index (χ1v) is 4.76. The number of benzene rings is 1. The molecule has 0 amide bonds. The van der Waals surface area contributed by atoms with E-state index in [1.165, 1.54) is 12.1 Å². The molecule has 0 N–H and O–H groups in total. The molecule has 0 saturated heterocycles. The van der Waals surface area contributed by atoms with Gasteiger partial charge in [0.25, 0.3) is 0 Å². The highest BCUT2D eigenvalue weighted by molar-refractivity contribution is 5.67. The SMILES string of the molecule is Fc1cncc(C(F)(F)F)c1-c1ccccc1. The maximum Gasteiger partial charge on any atom is 0.418 e. The van der Waals surface area contributed by atoms with Crippen molar-refractivity contribution in [3.05, 3.63) is 54.1 Å². The molecule has 0 aliphatic heterocycles. The highest BCUT2D eigenvalue weighted by atomic mass is 19.4. The Morgan fingerprint density at radius 1 is 0.941 bits per heavy atom. The molecule has 0 saturated carbocycles. The molecule has 2 aromatic rings. The molecule has 0 unspecified atom stereocenters. The van der Waals surface area contributed by atoms with Crippen molar-refractivity contribution in [3.8, 4) is 11.1 Å². The molecule has 5 heteroatoms. The molecule has 0 aliphatic carbocycles. The van der Waals surface area contributed by atoms with Crippen LogP contribution in [0.5, 0.6) is 0 Å². The largest absolute Gasteiger partial charge is 0.418 e. The van der Waals surface area contributed by atoms with Crippen molar-refractivity contribution in [2.75, 3.05) is 0 Å². The molecule has 17 heavy (non-hydrogen) atoms. The van der Waals surface area contributed by atoms with Gasteiger partial charge in [0.2, 0.25) is 0 Å². The Kier molecular flexibility index (Phi) is 2.83. The monoisotopic (exact) mass is 241 g/mol. The van der Waals surface area contributed by atoms with Crippen molar-refractivity contribution in [1.82, 2.24) is 4.98 Å². The Morgan fingerprint density at radius 3 is 2.18 bits per heavy atom. The van der Waals surface area contributed by atoms with Gasteiger partial charge in [0.05, 0.1) is 11.8 Å². The van der Waals surface area contributed by atoms with Crippen LogP contribution in [0.25, 0.3) is 11.1 Å². The van der Waals surface area contributed by atoms with E-state index >= 15 is 0 Å². The molecule has 0 bridgehead atoms. The van der Waals surface area contributed by atoms with E-state index < -0.39 is 23.1 Å². The average molecular weight is 241 g/mol. The number of hydrogen-bond donors (Lipinski definition) is 0. The minimum Gasteiger partial charge on any atom is -0.261 e. The first kappa shape index (κ1) is 11.6. The molecule has 0 radical (unpaired) electrons. The maximum absolute atomic E-state index is 13.5. The summed E-state index contributed by atoms with van der Waals surface area (Å²) in [6, 6.07) is 7.60. The lowest BCUT2D eigenvalue weighted by Crippen LogP contribution is -2.09. The van der Waals surface area contributed by atoms with E-state index in [9.17, 15) is 17.6 Å². The van der Waals surface area contributed by atoms with Crippen molar-refractivity contribution in [3.63, 3.8) is 0 Å². The molecule has 0 fully saturated rings. The van der Waals surface area contributed by atoms with Crippen LogP contribution in [0.15, 0.2) is 42.7 Å². The maximum atomic E-state index is 13.5. The molecule has 1 aromatic carbocycles. The smallest absolute Gasteiger partial charge is 0.261 e. The Bertz CT molecular complexity index is 520. The lowest BCUT2D eigenvalue weighted by Gasteiger charge is -2.12. The number of aromatic nitrogens is 1. The molecule has 2 rings (SSSR count). The van der Waals surface area contributed by atoms with Gasteiger partial charge in [0.1, 0.15) is 5.82 Å². The van der Waals surface area contributed by atoms with E-state index in [4.69, 9.17) is 0 Å². The van der Waals surface area contributed by atoms with Gasteiger partial charge in [-0.05, 0) is 5.56 Å². The zero-order valence-electron chi connectivity index (χ0n) is 8.50. The minimum atomic E-state index is -4.62. The summed E-state index contributed by atoms with van der Waals surface area (Å²) in [5, 5.41) is 0. The second-order valence-corrected chi connectivity index (χ2v) is 3.41. The zero-order valence-corrected chi connectivity index (χ0v) is 8.50. The number of halogens is 4. The van der Waals surface area contributed by atoms with Gasteiger partial charge >= 0.3 is 6.18 Å². The predicted octanol–water partition coefficient (Wildman–Crippen LogP) is 3.91. The van der Waals surface area contributed by atoms with Gasteiger partial charge in [-0.2, -0.15) is 13.2 Å². The van der Waals surface area contributed by atoms with Crippen LogP contribution in [0, 0.1) is 5.82 Å². The first-order valence-electron chi connectivity index (χ1n) is 4.76. The standard InChI is InChI=1S/C12H7F4N/c13-10-7-17-6-9(12(14,15)16)11(10)8-4-2-1-3-5-8/h1-7H. The van der Waals surface area contributed by atoms with Crippen LogP contribution in [0.2, 0.25) is 0 Å². The third kappa shape index (κ3) is 2.27. The van der Waals surface area contributed by atoms with Gasteiger partial charge in [0, 0.05) is 11.8 Å². The summed E-state index contributed by atoms with van der Waals surface area (Å²) in [6.45, 7) is 0. The number of nitrogens with zero attached hydrogens (tertiary/aromatic N) is 1. The van der Waals surface area contributed by atoms with E-state index in [0.29, 0.717) is 6.20 Å². The second kappa shape index (κ2) is 4.16. The molecule has 1 nitrogen and oxygen atoms in total. The van der Waals surface area contributed by atoms with Gasteiger partial charge in [-0.1, -0.05) is 30.3 Å². The predicted molar refractivity (Wildman–Crippen MR) is 54.6 cm³/mol. The molecule has 0 atom stereocenters. The lowest BCUT2D eigenvalue weighted by atomic mass is 10.0. The van der Waals surface area contributed by atoms with E-state index in [2.05, 4.69) is 4.98 Å². The van der Waals surface area contributed by atoms with Crippen molar-refractivity contribution < 1.29 is 17.6 Å². The second-order valence-electron chi connectivity index (χ2n) is 3.41. The van der Waals surface area contributed by atoms with Crippen molar-refractivity contribution >= 4 is 0 Å². The van der Waals surface area contributed by atoms with Crippen LogP contribution in [-0.2, 0) is 6.18 Å². The summed E-state index contributed by atoms with van der Waals surface area (Å²) in [4.78, 5) is 3.24. The van der Waals surface area contributed by atoms with Gasteiger partial charge < -0.3 is 0 Å². The topological polar surface area (TPSA) is 12.9 Å². The van der Waals surface area contributed by atoms with Gasteiger partial charge in [0.15, 0.2) is 0 Å². The third-order valence-electron chi connectivity index (χ3n) is 2.27. The third-order valence-corrected chi connectivity index (χ3v) is 2.27. The fourth-order valence-electron chi connectivity index (χ4n) is 1.55. The van der Waals surface area contributed by atoms with E-state index in [-0.39, 0.29) is 5.56 Å². The summed E-state index contributed by atoms with van der Waals surface area (Å²) in [5.41, 5.74) is -1.35. The molecule has 0 aliphatic rings. The molecule has 1 aromatic heterocycles. The summed E-state index contributed by atoms with van der Waals surface area (Å²) >= 11 is 0. The van der Waals surface area contributed by atoms with Crippen molar-refractivity contribution in [2.24, 2.45) is 0 Å². The fourth-order valence-corrected chi connectivity index (χ4v) is 1.55. The van der Waals surface area contributed by atoms with Gasteiger partial charge in [-0.15, -0.1) is 0 Å². The molecule has 1 heterocycles. The van der Waals surface area contributed by atoms with Crippen LogP contribution >= 0.6 is 0 Å². The Morgan fingerprint density at radius 2 is 1.59 bits per heavy atom. The van der Waals surface area contributed by atoms with Crippen LogP contribution in [-0.4, -0.2) is 4.98 Å². The van der Waals surface area contributed by atoms with E-state index in [0.717, 1.165) is 6.20 Å². The minimum absolute atomic E-state index is 0.180. The number of alkyl halides is 3. The van der Waals surface area contributed by atoms with Crippen LogP contribution in [0.4, 0.5) is 17.6 Å². The van der Waals surface area contributed by atoms with Gasteiger partial charge in [-0.3, -0.25) is 4.98 Å². The lowest BCUT2D eigenvalue weighted by molar-refractivity contribution is -0.137. The molecular weight excluding hydrogens is 234 g/mol. The van der Waals surface area contributed by atoms with E-state index in [1.54, 1.807) is 18.2 Å². The van der Waals surface area contributed by atoms with Crippen molar-refractivity contribution in [1.29, 1.82) is 0 Å². The first-order chi connectivity index (χ1) is 8.00. The highest BCUT2D eigenvalue weighted by Gasteiger charge is 2.35. The molecule has 0 spiro atoms. The van der Waals surface area contributed by atoms with Crippen LogP contribution in [0.3, 0.4) is 0 Å². The highest BCUT2D eigenvalue weighted by Crippen LogP contribution is 2.37. The Balaban J connectivity index is 2.69. The van der Waals surface area contributed by atoms with E-state index in [1.807, 2.05) is 0 Å². The number of pyridine rings is 1. The van der Waals surface area contributed by atoms with Crippen molar-refractivity contribution in [2.45, 2.75) is 6.18 Å². The molecule has 88 valence electrons.